The fourth-order valence-electron chi connectivity index (χ4n) is 1.59. The van der Waals surface area contributed by atoms with Gasteiger partial charge in [0.2, 0.25) is 0 Å². The number of rotatable bonds is 0. The van der Waals surface area contributed by atoms with Crippen LogP contribution in [-0.2, 0) is 0 Å². The van der Waals surface area contributed by atoms with Crippen LogP contribution in [0.2, 0.25) is 0 Å². The van der Waals surface area contributed by atoms with E-state index < -0.39 is 0 Å². The fraction of sp³-hybridized carbons (Fsp3) is 0.273. The molecular formula is C11H12O. The molecule has 0 radical (unpaired) electrons. The maximum atomic E-state index is 5.38. The molecule has 0 aliphatic heterocycles. The molecule has 2 aromatic rings. The minimum absolute atomic E-state index is 0.996. The zero-order valence-electron chi connectivity index (χ0n) is 7.64. The van der Waals surface area contributed by atoms with E-state index in [2.05, 4.69) is 26.8 Å². The molecular weight excluding hydrogens is 148 g/mol. The van der Waals surface area contributed by atoms with Crippen molar-refractivity contribution in [2.75, 3.05) is 0 Å². The van der Waals surface area contributed by atoms with Crippen LogP contribution in [0.25, 0.3) is 11.0 Å². The van der Waals surface area contributed by atoms with Gasteiger partial charge in [0.15, 0.2) is 0 Å². The molecule has 0 aliphatic carbocycles. The molecule has 0 unspecified atom stereocenters. The van der Waals surface area contributed by atoms with Gasteiger partial charge in [-0.1, -0.05) is 6.07 Å². The summed E-state index contributed by atoms with van der Waals surface area (Å²) in [4.78, 5) is 0. The molecule has 2 rings (SSSR count). The molecule has 1 nitrogen and oxygen atoms in total. The molecule has 62 valence electrons. The molecule has 0 atom stereocenters. The Labute approximate surface area is 72.0 Å². The molecule has 0 aliphatic rings. The van der Waals surface area contributed by atoms with Crippen LogP contribution in [0.15, 0.2) is 22.8 Å². The van der Waals surface area contributed by atoms with Gasteiger partial charge in [0.25, 0.3) is 0 Å². The summed E-state index contributed by atoms with van der Waals surface area (Å²) in [6.45, 7) is 6.35. The average Bonchev–Trinajstić information content (AvgIpc) is 2.41. The van der Waals surface area contributed by atoms with Gasteiger partial charge in [-0.3, -0.25) is 0 Å². The first-order valence-electron chi connectivity index (χ1n) is 4.14. The summed E-state index contributed by atoms with van der Waals surface area (Å²) in [6, 6.07) is 4.13. The number of hydrogen-bond donors (Lipinski definition) is 0. The second-order valence-corrected chi connectivity index (χ2v) is 3.30. The highest BCUT2D eigenvalue weighted by molar-refractivity contribution is 5.85. The summed E-state index contributed by atoms with van der Waals surface area (Å²) >= 11 is 0. The van der Waals surface area contributed by atoms with Gasteiger partial charge in [-0.05, 0) is 43.5 Å². The minimum Gasteiger partial charge on any atom is -0.464 e. The van der Waals surface area contributed by atoms with E-state index in [1.807, 2.05) is 12.3 Å². The van der Waals surface area contributed by atoms with Crippen LogP contribution in [0.4, 0.5) is 0 Å². The smallest absolute Gasteiger partial charge is 0.134 e. The summed E-state index contributed by atoms with van der Waals surface area (Å²) in [5, 5.41) is 1.27. The van der Waals surface area contributed by atoms with Gasteiger partial charge in [-0.2, -0.15) is 0 Å². The summed E-state index contributed by atoms with van der Waals surface area (Å²) in [7, 11) is 0. The predicted molar refractivity (Wildman–Crippen MR) is 50.4 cm³/mol. The van der Waals surface area contributed by atoms with Crippen molar-refractivity contribution in [2.45, 2.75) is 20.8 Å². The number of hydrogen-bond acceptors (Lipinski definition) is 1. The lowest BCUT2D eigenvalue weighted by molar-refractivity contribution is 0.613. The third-order valence-corrected chi connectivity index (χ3v) is 2.45. The summed E-state index contributed by atoms with van der Waals surface area (Å²) in [6.07, 6.45) is 1.82. The molecule has 1 aromatic carbocycles. The van der Waals surface area contributed by atoms with Crippen molar-refractivity contribution < 1.29 is 4.42 Å². The molecule has 1 heterocycles. The zero-order chi connectivity index (χ0) is 8.72. The lowest BCUT2D eigenvalue weighted by Crippen LogP contribution is -1.81. The van der Waals surface area contributed by atoms with E-state index in [1.54, 1.807) is 0 Å². The first-order valence-corrected chi connectivity index (χ1v) is 4.14. The molecule has 0 saturated carbocycles. The van der Waals surface area contributed by atoms with Crippen LogP contribution in [-0.4, -0.2) is 0 Å². The predicted octanol–water partition coefficient (Wildman–Crippen LogP) is 3.36. The maximum absolute atomic E-state index is 5.38. The Morgan fingerprint density at radius 1 is 1.00 bits per heavy atom. The lowest BCUT2D eigenvalue weighted by atomic mass is 10.0. The van der Waals surface area contributed by atoms with Crippen molar-refractivity contribution >= 4 is 11.0 Å². The second kappa shape index (κ2) is 2.37. The molecule has 0 spiro atoms. The van der Waals surface area contributed by atoms with E-state index in [1.165, 1.54) is 22.1 Å². The van der Waals surface area contributed by atoms with E-state index in [-0.39, 0.29) is 0 Å². The van der Waals surface area contributed by atoms with Gasteiger partial charge < -0.3 is 4.42 Å². The van der Waals surface area contributed by atoms with E-state index >= 15 is 0 Å². The fourth-order valence-corrected chi connectivity index (χ4v) is 1.59. The van der Waals surface area contributed by atoms with Gasteiger partial charge in [-0.15, -0.1) is 0 Å². The number of aryl methyl sites for hydroxylation is 3. The molecule has 1 aromatic heterocycles. The topological polar surface area (TPSA) is 13.1 Å². The molecule has 0 saturated heterocycles. The van der Waals surface area contributed by atoms with Crippen molar-refractivity contribution in [3.8, 4) is 0 Å². The Morgan fingerprint density at radius 2 is 1.75 bits per heavy atom. The van der Waals surface area contributed by atoms with E-state index in [0.29, 0.717) is 0 Å². The van der Waals surface area contributed by atoms with Gasteiger partial charge >= 0.3 is 0 Å². The number of fused-ring (bicyclic) bond motifs is 1. The maximum Gasteiger partial charge on any atom is 0.134 e. The highest BCUT2D eigenvalue weighted by atomic mass is 16.3. The van der Waals surface area contributed by atoms with Gasteiger partial charge in [-0.25, -0.2) is 0 Å². The SMILES string of the molecule is Cc1ccc2occ(C)c2c1C. The van der Waals surface area contributed by atoms with Crippen LogP contribution in [0.5, 0.6) is 0 Å². The van der Waals surface area contributed by atoms with Gasteiger partial charge in [0, 0.05) is 5.39 Å². The second-order valence-electron chi connectivity index (χ2n) is 3.30. The molecule has 0 amide bonds. The number of benzene rings is 1. The van der Waals surface area contributed by atoms with Crippen molar-refractivity contribution in [2.24, 2.45) is 0 Å². The van der Waals surface area contributed by atoms with Crippen LogP contribution in [0.3, 0.4) is 0 Å². The Balaban J connectivity index is 2.96. The quantitative estimate of drug-likeness (QED) is 0.576. The lowest BCUT2D eigenvalue weighted by Gasteiger charge is -2.00. The van der Waals surface area contributed by atoms with Crippen LogP contribution < -0.4 is 0 Å². The Morgan fingerprint density at radius 3 is 2.50 bits per heavy atom. The Kier molecular flexibility index (Phi) is 1.47. The normalized spacial score (nSPS) is 10.9. The molecule has 1 heteroatoms. The molecule has 0 N–H and O–H groups in total. The van der Waals surface area contributed by atoms with Gasteiger partial charge in [0.1, 0.15) is 5.58 Å². The zero-order valence-corrected chi connectivity index (χ0v) is 7.64. The largest absolute Gasteiger partial charge is 0.464 e. The third kappa shape index (κ3) is 0.860. The van der Waals surface area contributed by atoms with Crippen molar-refractivity contribution in [3.05, 3.63) is 35.1 Å². The highest BCUT2D eigenvalue weighted by Crippen LogP contribution is 2.25. The van der Waals surface area contributed by atoms with Crippen molar-refractivity contribution in [1.82, 2.24) is 0 Å². The van der Waals surface area contributed by atoms with E-state index in [9.17, 15) is 0 Å². The summed E-state index contributed by atoms with van der Waals surface area (Å²) in [5.41, 5.74) is 4.88. The molecule has 0 fully saturated rings. The summed E-state index contributed by atoms with van der Waals surface area (Å²) < 4.78 is 5.38. The molecule has 12 heavy (non-hydrogen) atoms. The van der Waals surface area contributed by atoms with Crippen LogP contribution in [0.1, 0.15) is 16.7 Å². The first-order chi connectivity index (χ1) is 5.70. The summed E-state index contributed by atoms with van der Waals surface area (Å²) in [5.74, 6) is 0. The average molecular weight is 160 g/mol. The van der Waals surface area contributed by atoms with Crippen molar-refractivity contribution in [1.29, 1.82) is 0 Å². The first kappa shape index (κ1) is 7.41. The van der Waals surface area contributed by atoms with Crippen LogP contribution >= 0.6 is 0 Å². The Hall–Kier alpha value is -1.24. The van der Waals surface area contributed by atoms with E-state index in [0.717, 1.165) is 5.58 Å². The third-order valence-electron chi connectivity index (χ3n) is 2.45. The van der Waals surface area contributed by atoms with Crippen LogP contribution in [0, 0.1) is 20.8 Å². The monoisotopic (exact) mass is 160 g/mol. The molecule has 0 bridgehead atoms. The highest BCUT2D eigenvalue weighted by Gasteiger charge is 2.05. The minimum atomic E-state index is 0.996. The standard InChI is InChI=1S/C11H12O/c1-7-4-5-10-11(9(7)3)8(2)6-12-10/h4-6H,1-3H3. The van der Waals surface area contributed by atoms with Crippen molar-refractivity contribution in [3.63, 3.8) is 0 Å². The van der Waals surface area contributed by atoms with Gasteiger partial charge in [0.05, 0.1) is 6.26 Å². The van der Waals surface area contributed by atoms with E-state index in [4.69, 9.17) is 4.42 Å². The number of furan rings is 1. The Bertz CT molecular complexity index is 424.